The van der Waals surface area contributed by atoms with Gasteiger partial charge in [-0.2, -0.15) is 0 Å². The summed E-state index contributed by atoms with van der Waals surface area (Å²) < 4.78 is 0. The van der Waals surface area contributed by atoms with Crippen molar-refractivity contribution >= 4 is 0 Å². The Morgan fingerprint density at radius 1 is 1.47 bits per heavy atom. The predicted octanol–water partition coefficient (Wildman–Crippen LogP) is 1.48. The molecule has 0 aliphatic heterocycles. The van der Waals surface area contributed by atoms with E-state index in [0.29, 0.717) is 0 Å². The molecule has 1 aliphatic rings. The second-order valence-corrected chi connectivity index (χ2v) is 4.33. The average molecular weight is 206 g/mol. The first-order valence-electron chi connectivity index (χ1n) is 5.54. The van der Waals surface area contributed by atoms with Crippen molar-refractivity contribution in [3.63, 3.8) is 0 Å². The summed E-state index contributed by atoms with van der Waals surface area (Å²) in [5.74, 6) is 6.37. The number of hydrogen-bond acceptors (Lipinski definition) is 4. The van der Waals surface area contributed by atoms with E-state index in [1.807, 2.05) is 13.1 Å². The Bertz CT molecular complexity index is 305. The van der Waals surface area contributed by atoms with Gasteiger partial charge in [0.25, 0.3) is 0 Å². The van der Waals surface area contributed by atoms with Gasteiger partial charge in [0.15, 0.2) is 0 Å². The van der Waals surface area contributed by atoms with Crippen molar-refractivity contribution in [3.05, 3.63) is 23.8 Å². The van der Waals surface area contributed by atoms with Gasteiger partial charge in [-0.1, -0.05) is 19.3 Å². The number of hydrazine groups is 1. The molecule has 0 radical (unpaired) electrons. The molecular weight excluding hydrogens is 188 g/mol. The van der Waals surface area contributed by atoms with Gasteiger partial charge < -0.3 is 0 Å². The zero-order chi connectivity index (χ0) is 10.7. The molecule has 1 saturated carbocycles. The molecule has 4 nitrogen and oxygen atoms in total. The van der Waals surface area contributed by atoms with Crippen LogP contribution in [-0.4, -0.2) is 9.97 Å². The lowest BCUT2D eigenvalue weighted by atomic mass is 9.80. The van der Waals surface area contributed by atoms with Gasteiger partial charge in [0.1, 0.15) is 0 Å². The van der Waals surface area contributed by atoms with E-state index in [1.54, 1.807) is 6.20 Å². The van der Waals surface area contributed by atoms with Gasteiger partial charge in [-0.05, 0) is 19.3 Å². The van der Waals surface area contributed by atoms with Gasteiger partial charge in [-0.25, -0.2) is 0 Å². The highest BCUT2D eigenvalue weighted by molar-refractivity contribution is 5.06. The Balaban J connectivity index is 2.01. The van der Waals surface area contributed by atoms with Crippen molar-refractivity contribution < 1.29 is 0 Å². The summed E-state index contributed by atoms with van der Waals surface area (Å²) in [6.45, 7) is 1.94. The van der Waals surface area contributed by atoms with Crippen LogP contribution in [0.5, 0.6) is 0 Å². The first kappa shape index (κ1) is 10.5. The molecule has 0 spiro atoms. The normalized spacial score (nSPS) is 18.5. The van der Waals surface area contributed by atoms with Crippen LogP contribution in [0.4, 0.5) is 0 Å². The van der Waals surface area contributed by atoms with E-state index in [9.17, 15) is 0 Å². The summed E-state index contributed by atoms with van der Waals surface area (Å²) >= 11 is 0. The molecular formula is C11H18N4. The van der Waals surface area contributed by atoms with Crippen molar-refractivity contribution in [3.8, 4) is 0 Å². The maximum absolute atomic E-state index is 5.55. The molecule has 4 heteroatoms. The van der Waals surface area contributed by atoms with Crippen molar-refractivity contribution in [2.75, 3.05) is 0 Å². The van der Waals surface area contributed by atoms with Gasteiger partial charge in [-0.3, -0.25) is 21.2 Å². The Hall–Kier alpha value is -1.00. The summed E-state index contributed by atoms with van der Waals surface area (Å²) in [4.78, 5) is 8.60. The summed E-state index contributed by atoms with van der Waals surface area (Å²) in [5, 5.41) is 0. The fourth-order valence-electron chi connectivity index (χ4n) is 1.92. The summed E-state index contributed by atoms with van der Waals surface area (Å²) in [6, 6.07) is 0.156. The van der Waals surface area contributed by atoms with Crippen LogP contribution in [0.25, 0.3) is 0 Å². The lowest BCUT2D eigenvalue weighted by molar-refractivity contribution is 0.260. The average Bonchev–Trinajstić information content (AvgIpc) is 2.19. The van der Waals surface area contributed by atoms with Crippen LogP contribution in [0.15, 0.2) is 12.4 Å². The van der Waals surface area contributed by atoms with Crippen molar-refractivity contribution in [2.24, 2.45) is 11.8 Å². The third kappa shape index (κ3) is 2.52. The highest BCUT2D eigenvalue weighted by Crippen LogP contribution is 2.33. The van der Waals surface area contributed by atoms with Gasteiger partial charge >= 0.3 is 0 Å². The maximum Gasteiger partial charge on any atom is 0.0769 e. The van der Waals surface area contributed by atoms with E-state index in [4.69, 9.17) is 5.84 Å². The number of nitrogens with zero attached hydrogens (tertiary/aromatic N) is 2. The lowest BCUT2D eigenvalue weighted by Crippen LogP contribution is -2.31. The third-order valence-electron chi connectivity index (χ3n) is 3.15. The molecule has 0 aromatic carbocycles. The number of nitrogens with two attached hydrogens (primary N) is 1. The van der Waals surface area contributed by atoms with Crippen LogP contribution in [0.3, 0.4) is 0 Å². The monoisotopic (exact) mass is 206 g/mol. The van der Waals surface area contributed by atoms with Crippen LogP contribution in [0.2, 0.25) is 0 Å². The van der Waals surface area contributed by atoms with E-state index >= 15 is 0 Å². The zero-order valence-corrected chi connectivity index (χ0v) is 9.11. The van der Waals surface area contributed by atoms with Crippen molar-refractivity contribution in [2.45, 2.75) is 38.6 Å². The molecule has 0 bridgehead atoms. The molecule has 15 heavy (non-hydrogen) atoms. The van der Waals surface area contributed by atoms with Gasteiger partial charge in [0.2, 0.25) is 0 Å². The summed E-state index contributed by atoms with van der Waals surface area (Å²) in [5.41, 5.74) is 4.73. The molecule has 3 N–H and O–H groups in total. The summed E-state index contributed by atoms with van der Waals surface area (Å²) in [7, 11) is 0. The van der Waals surface area contributed by atoms with Crippen LogP contribution in [0, 0.1) is 12.8 Å². The first-order valence-corrected chi connectivity index (χ1v) is 5.54. The van der Waals surface area contributed by atoms with Gasteiger partial charge in [0, 0.05) is 6.20 Å². The number of rotatable bonds is 4. The highest BCUT2D eigenvalue weighted by atomic mass is 15.2. The number of aromatic nitrogens is 2. The van der Waals surface area contributed by atoms with E-state index in [1.165, 1.54) is 19.3 Å². The van der Waals surface area contributed by atoms with Crippen LogP contribution < -0.4 is 11.3 Å². The van der Waals surface area contributed by atoms with Crippen LogP contribution >= 0.6 is 0 Å². The zero-order valence-electron chi connectivity index (χ0n) is 9.11. The molecule has 0 saturated heterocycles. The molecule has 1 unspecified atom stereocenters. The van der Waals surface area contributed by atoms with Crippen LogP contribution in [0.1, 0.15) is 43.1 Å². The lowest BCUT2D eigenvalue weighted by Gasteiger charge is -2.28. The minimum absolute atomic E-state index is 0.156. The Morgan fingerprint density at radius 3 is 2.73 bits per heavy atom. The largest absolute Gasteiger partial charge is 0.271 e. The SMILES string of the molecule is Cc1cnc(C(CC2CCC2)NN)cn1. The Morgan fingerprint density at radius 2 is 2.27 bits per heavy atom. The molecule has 1 aromatic rings. The fraction of sp³-hybridized carbons (Fsp3) is 0.636. The number of aryl methyl sites for hydroxylation is 1. The molecule has 1 fully saturated rings. The molecule has 1 heterocycles. The van der Waals surface area contributed by atoms with E-state index in [-0.39, 0.29) is 6.04 Å². The standard InChI is InChI=1S/C11H18N4/c1-8-6-14-11(7-13-8)10(15-12)5-9-3-2-4-9/h6-7,9-10,15H,2-5,12H2,1H3. The van der Waals surface area contributed by atoms with Gasteiger partial charge in [0.05, 0.1) is 23.6 Å². The topological polar surface area (TPSA) is 63.8 Å². The maximum atomic E-state index is 5.55. The second kappa shape index (κ2) is 4.68. The minimum atomic E-state index is 0.156. The quantitative estimate of drug-likeness (QED) is 0.578. The predicted molar refractivity (Wildman–Crippen MR) is 58.8 cm³/mol. The second-order valence-electron chi connectivity index (χ2n) is 4.33. The molecule has 1 aromatic heterocycles. The molecule has 1 aliphatic carbocycles. The third-order valence-corrected chi connectivity index (χ3v) is 3.15. The highest BCUT2D eigenvalue weighted by Gasteiger charge is 2.23. The molecule has 82 valence electrons. The van der Waals surface area contributed by atoms with E-state index in [2.05, 4.69) is 15.4 Å². The minimum Gasteiger partial charge on any atom is -0.271 e. The van der Waals surface area contributed by atoms with Crippen LogP contribution in [-0.2, 0) is 0 Å². The Kier molecular flexibility index (Phi) is 3.28. The Labute approximate surface area is 90.3 Å². The summed E-state index contributed by atoms with van der Waals surface area (Å²) in [6.07, 6.45) is 8.71. The molecule has 0 amide bonds. The number of nitrogens with one attached hydrogen (secondary N) is 1. The van der Waals surface area contributed by atoms with E-state index in [0.717, 1.165) is 23.7 Å². The van der Waals surface area contributed by atoms with Crippen molar-refractivity contribution in [1.82, 2.24) is 15.4 Å². The molecule has 2 rings (SSSR count). The first-order chi connectivity index (χ1) is 7.29. The molecule has 1 atom stereocenters. The fourth-order valence-corrected chi connectivity index (χ4v) is 1.92. The number of hydrogen-bond donors (Lipinski definition) is 2. The van der Waals surface area contributed by atoms with Crippen molar-refractivity contribution in [1.29, 1.82) is 0 Å². The smallest absolute Gasteiger partial charge is 0.0769 e. The van der Waals surface area contributed by atoms with Gasteiger partial charge in [-0.15, -0.1) is 0 Å². The van der Waals surface area contributed by atoms with E-state index < -0.39 is 0 Å².